The molecule has 3 aromatic rings. The lowest BCUT2D eigenvalue weighted by Crippen LogP contribution is -2.15. The number of nitrogens with zero attached hydrogens (tertiary/aromatic N) is 2. The van der Waals surface area contributed by atoms with Crippen molar-refractivity contribution in [1.29, 1.82) is 0 Å². The number of aryl methyl sites for hydroxylation is 1. The van der Waals surface area contributed by atoms with E-state index in [-0.39, 0.29) is 4.90 Å². The van der Waals surface area contributed by atoms with Crippen LogP contribution in [-0.2, 0) is 10.0 Å². The van der Waals surface area contributed by atoms with Crippen LogP contribution in [0, 0.1) is 6.92 Å². The van der Waals surface area contributed by atoms with E-state index in [4.69, 9.17) is 5.14 Å². The Morgan fingerprint density at radius 1 is 1.05 bits per heavy atom. The van der Waals surface area contributed by atoms with Crippen LogP contribution in [0.2, 0.25) is 0 Å². The Balaban J connectivity index is 2.26. The predicted octanol–water partition coefficient (Wildman–Crippen LogP) is 2.50. The Morgan fingerprint density at radius 3 is 2.55 bits per heavy atom. The van der Waals surface area contributed by atoms with Crippen molar-refractivity contribution in [2.24, 2.45) is 5.14 Å². The molecule has 0 spiro atoms. The number of hydrogen-bond donors (Lipinski definition) is 1. The first kappa shape index (κ1) is 14.5. The summed E-state index contributed by atoms with van der Waals surface area (Å²) < 4.78 is 25.4. The molecule has 112 valence electrons. The summed E-state index contributed by atoms with van der Waals surface area (Å²) in [6, 6.07) is 14.2. The average molecular weight is 313 g/mol. The van der Waals surface area contributed by atoms with Crippen LogP contribution in [0.3, 0.4) is 0 Å². The zero-order valence-electron chi connectivity index (χ0n) is 12.0. The third-order valence-corrected chi connectivity index (χ3v) is 4.39. The molecule has 0 bridgehead atoms. The number of benzene rings is 1. The standard InChI is InChI=1S/C16H15N3O2S/c1-12-6-4-10-18-16(12)14-8-5-11-19(14)13-7-2-3-9-15(13)22(17,20)21/h2-11H,1H3,(H2,17,20,21). The van der Waals surface area contributed by atoms with Gasteiger partial charge in [-0.05, 0) is 42.8 Å². The fraction of sp³-hybridized carbons (Fsp3) is 0.0625. The van der Waals surface area contributed by atoms with Crippen molar-refractivity contribution in [1.82, 2.24) is 9.55 Å². The molecule has 0 radical (unpaired) electrons. The van der Waals surface area contributed by atoms with Crippen molar-refractivity contribution in [2.45, 2.75) is 11.8 Å². The number of rotatable bonds is 3. The van der Waals surface area contributed by atoms with Gasteiger partial charge in [0.1, 0.15) is 4.90 Å². The highest BCUT2D eigenvalue weighted by Crippen LogP contribution is 2.27. The summed E-state index contributed by atoms with van der Waals surface area (Å²) in [5.74, 6) is 0. The van der Waals surface area contributed by atoms with Crippen LogP contribution in [0.15, 0.2) is 65.8 Å². The van der Waals surface area contributed by atoms with Gasteiger partial charge in [0.2, 0.25) is 10.0 Å². The second-order valence-corrected chi connectivity index (χ2v) is 6.47. The van der Waals surface area contributed by atoms with E-state index in [2.05, 4.69) is 4.98 Å². The van der Waals surface area contributed by atoms with Crippen LogP contribution < -0.4 is 5.14 Å². The van der Waals surface area contributed by atoms with E-state index in [1.54, 1.807) is 35.2 Å². The van der Waals surface area contributed by atoms with E-state index in [0.717, 1.165) is 17.0 Å². The molecule has 0 atom stereocenters. The third kappa shape index (κ3) is 2.54. The molecule has 0 saturated heterocycles. The van der Waals surface area contributed by atoms with Crippen LogP contribution in [0.25, 0.3) is 17.1 Å². The molecule has 0 fully saturated rings. The van der Waals surface area contributed by atoms with Crippen LogP contribution >= 0.6 is 0 Å². The van der Waals surface area contributed by atoms with Crippen molar-refractivity contribution in [3.63, 3.8) is 0 Å². The minimum atomic E-state index is -3.81. The molecule has 3 rings (SSSR count). The number of pyridine rings is 1. The van der Waals surface area contributed by atoms with E-state index < -0.39 is 10.0 Å². The second-order valence-electron chi connectivity index (χ2n) is 4.95. The molecule has 6 heteroatoms. The molecule has 2 heterocycles. The number of hydrogen-bond acceptors (Lipinski definition) is 3. The van der Waals surface area contributed by atoms with E-state index >= 15 is 0 Å². The van der Waals surface area contributed by atoms with Crippen molar-refractivity contribution >= 4 is 10.0 Å². The van der Waals surface area contributed by atoms with Crippen molar-refractivity contribution < 1.29 is 8.42 Å². The number of nitrogens with two attached hydrogens (primary N) is 1. The van der Waals surface area contributed by atoms with E-state index in [0.29, 0.717) is 5.69 Å². The molecule has 2 aromatic heterocycles. The predicted molar refractivity (Wildman–Crippen MR) is 85.1 cm³/mol. The highest BCUT2D eigenvalue weighted by atomic mass is 32.2. The first-order valence-corrected chi connectivity index (χ1v) is 8.24. The van der Waals surface area contributed by atoms with Gasteiger partial charge in [-0.15, -0.1) is 0 Å². The minimum Gasteiger partial charge on any atom is -0.314 e. The SMILES string of the molecule is Cc1cccnc1-c1cccn1-c1ccccc1S(N)(=O)=O. The van der Waals surface area contributed by atoms with Crippen molar-refractivity contribution in [3.8, 4) is 17.1 Å². The normalized spacial score (nSPS) is 11.5. The van der Waals surface area contributed by atoms with Crippen LogP contribution in [0.5, 0.6) is 0 Å². The highest BCUT2D eigenvalue weighted by molar-refractivity contribution is 7.89. The van der Waals surface area contributed by atoms with Crippen LogP contribution in [0.4, 0.5) is 0 Å². The van der Waals surface area contributed by atoms with Gasteiger partial charge in [0.05, 0.1) is 17.1 Å². The summed E-state index contributed by atoms with van der Waals surface area (Å²) >= 11 is 0. The maximum Gasteiger partial charge on any atom is 0.240 e. The molecule has 0 unspecified atom stereocenters. The van der Waals surface area contributed by atoms with Gasteiger partial charge in [-0.2, -0.15) is 0 Å². The molecule has 22 heavy (non-hydrogen) atoms. The molecule has 0 aliphatic carbocycles. The lowest BCUT2D eigenvalue weighted by Gasteiger charge is -2.13. The fourth-order valence-corrected chi connectivity index (χ4v) is 3.16. The molecule has 0 saturated carbocycles. The Kier molecular flexibility index (Phi) is 3.56. The highest BCUT2D eigenvalue weighted by Gasteiger charge is 2.17. The number of primary sulfonamides is 1. The van der Waals surface area contributed by atoms with Crippen molar-refractivity contribution in [2.75, 3.05) is 0 Å². The molecule has 0 amide bonds. The van der Waals surface area contributed by atoms with Gasteiger partial charge in [-0.1, -0.05) is 18.2 Å². The third-order valence-electron chi connectivity index (χ3n) is 3.43. The maximum atomic E-state index is 11.8. The largest absolute Gasteiger partial charge is 0.314 e. The van der Waals surface area contributed by atoms with E-state index in [1.807, 2.05) is 31.2 Å². The Bertz CT molecular complexity index is 930. The summed E-state index contributed by atoms with van der Waals surface area (Å²) in [4.78, 5) is 4.48. The summed E-state index contributed by atoms with van der Waals surface area (Å²) in [6.07, 6.45) is 3.51. The van der Waals surface area contributed by atoms with E-state index in [9.17, 15) is 8.42 Å². The first-order valence-electron chi connectivity index (χ1n) is 6.70. The molecular weight excluding hydrogens is 298 g/mol. The van der Waals surface area contributed by atoms with Gasteiger partial charge in [0.25, 0.3) is 0 Å². The topological polar surface area (TPSA) is 78.0 Å². The second kappa shape index (κ2) is 5.40. The molecule has 1 aromatic carbocycles. The monoisotopic (exact) mass is 313 g/mol. The molecule has 5 nitrogen and oxygen atoms in total. The van der Waals surface area contributed by atoms with Crippen molar-refractivity contribution in [3.05, 3.63) is 66.5 Å². The summed E-state index contributed by atoms with van der Waals surface area (Å²) in [5.41, 5.74) is 3.14. The lowest BCUT2D eigenvalue weighted by molar-refractivity contribution is 0.597. The maximum absolute atomic E-state index is 11.8. The van der Waals surface area contributed by atoms with Gasteiger partial charge in [-0.3, -0.25) is 4.98 Å². The quantitative estimate of drug-likeness (QED) is 0.807. The zero-order chi connectivity index (χ0) is 15.7. The van der Waals surface area contributed by atoms with Gasteiger partial charge in [-0.25, -0.2) is 13.6 Å². The minimum absolute atomic E-state index is 0.0843. The van der Waals surface area contributed by atoms with Gasteiger partial charge < -0.3 is 4.57 Å². The summed E-state index contributed by atoms with van der Waals surface area (Å²) in [6.45, 7) is 1.96. The summed E-state index contributed by atoms with van der Waals surface area (Å²) in [7, 11) is -3.81. The Morgan fingerprint density at radius 2 is 1.82 bits per heavy atom. The first-order chi connectivity index (χ1) is 10.5. The number of para-hydroxylation sites is 1. The smallest absolute Gasteiger partial charge is 0.240 e. The molecule has 2 N–H and O–H groups in total. The van der Waals surface area contributed by atoms with E-state index in [1.165, 1.54) is 6.07 Å². The van der Waals surface area contributed by atoms with Gasteiger partial charge >= 0.3 is 0 Å². The average Bonchev–Trinajstić information content (AvgIpc) is 2.96. The van der Waals surface area contributed by atoms with Crippen LogP contribution in [0.1, 0.15) is 5.56 Å². The van der Waals surface area contributed by atoms with Crippen LogP contribution in [-0.4, -0.2) is 18.0 Å². The van der Waals surface area contributed by atoms with Gasteiger partial charge in [0.15, 0.2) is 0 Å². The van der Waals surface area contributed by atoms with Gasteiger partial charge in [0, 0.05) is 12.4 Å². The molecule has 0 aliphatic rings. The fourth-order valence-electron chi connectivity index (χ4n) is 2.43. The Hall–Kier alpha value is -2.44. The summed E-state index contributed by atoms with van der Waals surface area (Å²) in [5, 5.41) is 5.33. The zero-order valence-corrected chi connectivity index (χ0v) is 12.8. The molecule has 0 aliphatic heterocycles. The lowest BCUT2D eigenvalue weighted by atomic mass is 10.1. The number of sulfonamides is 1. The number of aromatic nitrogens is 2. The molecular formula is C16H15N3O2S. The Labute approximate surface area is 129 Å².